The van der Waals surface area contributed by atoms with Gasteiger partial charge in [-0.05, 0) is 35.7 Å². The molecule has 2 N–H and O–H groups in total. The molecule has 0 bridgehead atoms. The van der Waals surface area contributed by atoms with Gasteiger partial charge in [-0.15, -0.1) is 11.3 Å². The van der Waals surface area contributed by atoms with E-state index in [0.29, 0.717) is 6.54 Å². The van der Waals surface area contributed by atoms with Crippen LogP contribution in [0, 0.1) is 11.8 Å². The molecule has 0 aliphatic carbocycles. The highest BCUT2D eigenvalue weighted by atomic mass is 32.1. The van der Waals surface area contributed by atoms with Crippen LogP contribution in [0.3, 0.4) is 0 Å². The molecule has 0 amide bonds. The first-order chi connectivity index (χ1) is 9.74. The Morgan fingerprint density at radius 2 is 2.00 bits per heavy atom. The predicted molar refractivity (Wildman–Crippen MR) is 85.4 cm³/mol. The number of methoxy groups -OCH3 is 1. The van der Waals surface area contributed by atoms with E-state index >= 15 is 0 Å². The Balaban J connectivity index is 2.10. The number of nitrogens with two attached hydrogens (primary N) is 1. The van der Waals surface area contributed by atoms with Crippen molar-refractivity contribution in [1.29, 1.82) is 0 Å². The van der Waals surface area contributed by atoms with E-state index in [4.69, 9.17) is 10.5 Å². The fraction of sp³-hybridized carbons (Fsp3) is 0.250. The van der Waals surface area contributed by atoms with Crippen LogP contribution >= 0.6 is 11.3 Å². The number of hydrogen-bond donors (Lipinski definition) is 1. The molecule has 0 fully saturated rings. The van der Waals surface area contributed by atoms with Gasteiger partial charge in [0.05, 0.1) is 20.2 Å². The summed E-state index contributed by atoms with van der Waals surface area (Å²) in [7, 11) is 3.74. The summed E-state index contributed by atoms with van der Waals surface area (Å²) in [5.41, 5.74) is 7.64. The van der Waals surface area contributed by atoms with E-state index in [0.717, 1.165) is 23.5 Å². The SMILES string of the molecule is COc1ccc(N(C)Cc2sccc2C#CCN)cc1. The summed E-state index contributed by atoms with van der Waals surface area (Å²) in [4.78, 5) is 3.45. The molecule has 2 aromatic rings. The number of thiophene rings is 1. The zero-order valence-corrected chi connectivity index (χ0v) is 12.5. The lowest BCUT2D eigenvalue weighted by Gasteiger charge is -2.19. The molecule has 0 spiro atoms. The topological polar surface area (TPSA) is 38.5 Å². The van der Waals surface area contributed by atoms with Crippen LogP contribution in [-0.2, 0) is 6.54 Å². The lowest BCUT2D eigenvalue weighted by Crippen LogP contribution is -2.16. The maximum atomic E-state index is 5.42. The number of anilines is 1. The van der Waals surface area contributed by atoms with Crippen LogP contribution < -0.4 is 15.4 Å². The van der Waals surface area contributed by atoms with E-state index in [1.165, 1.54) is 4.88 Å². The molecule has 0 aliphatic heterocycles. The highest BCUT2D eigenvalue weighted by Gasteiger charge is 2.07. The van der Waals surface area contributed by atoms with Crippen molar-refractivity contribution in [3.05, 3.63) is 46.2 Å². The molecule has 0 unspecified atom stereocenters. The molecule has 1 aromatic heterocycles. The Hall–Kier alpha value is -1.96. The van der Waals surface area contributed by atoms with Crippen LogP contribution in [0.1, 0.15) is 10.4 Å². The zero-order valence-electron chi connectivity index (χ0n) is 11.7. The molecule has 20 heavy (non-hydrogen) atoms. The van der Waals surface area contributed by atoms with Crippen molar-refractivity contribution in [2.45, 2.75) is 6.54 Å². The fourth-order valence-corrected chi connectivity index (χ4v) is 2.75. The molecule has 3 nitrogen and oxygen atoms in total. The van der Waals surface area contributed by atoms with Crippen molar-refractivity contribution in [3.8, 4) is 17.6 Å². The van der Waals surface area contributed by atoms with Gasteiger partial charge in [0.1, 0.15) is 5.75 Å². The first kappa shape index (κ1) is 14.4. The van der Waals surface area contributed by atoms with Crippen LogP contribution in [0.5, 0.6) is 5.75 Å². The number of nitrogens with zero attached hydrogens (tertiary/aromatic N) is 1. The Morgan fingerprint density at radius 3 is 2.65 bits per heavy atom. The van der Waals surface area contributed by atoms with Gasteiger partial charge in [0.25, 0.3) is 0 Å². The maximum absolute atomic E-state index is 5.42. The smallest absolute Gasteiger partial charge is 0.119 e. The summed E-state index contributed by atoms with van der Waals surface area (Å²) < 4.78 is 5.17. The first-order valence-electron chi connectivity index (χ1n) is 6.35. The quantitative estimate of drug-likeness (QED) is 0.878. The zero-order chi connectivity index (χ0) is 14.4. The lowest BCUT2D eigenvalue weighted by molar-refractivity contribution is 0.415. The lowest BCUT2D eigenvalue weighted by atomic mass is 10.2. The van der Waals surface area contributed by atoms with Crippen molar-refractivity contribution < 1.29 is 4.74 Å². The minimum Gasteiger partial charge on any atom is -0.497 e. The predicted octanol–water partition coefficient (Wildman–Crippen LogP) is 2.70. The van der Waals surface area contributed by atoms with Gasteiger partial charge in [-0.3, -0.25) is 0 Å². The third-order valence-corrected chi connectivity index (χ3v) is 3.87. The van der Waals surface area contributed by atoms with Crippen molar-refractivity contribution >= 4 is 17.0 Å². The third kappa shape index (κ3) is 3.53. The Labute approximate surface area is 124 Å². The van der Waals surface area contributed by atoms with E-state index in [1.807, 2.05) is 18.2 Å². The van der Waals surface area contributed by atoms with Crippen molar-refractivity contribution in [1.82, 2.24) is 0 Å². The molecular weight excluding hydrogens is 268 g/mol. The minimum absolute atomic E-state index is 0.392. The molecule has 1 heterocycles. The first-order valence-corrected chi connectivity index (χ1v) is 7.23. The summed E-state index contributed by atoms with van der Waals surface area (Å²) in [6.45, 7) is 1.22. The average molecular weight is 286 g/mol. The summed E-state index contributed by atoms with van der Waals surface area (Å²) in [6, 6.07) is 10.1. The molecule has 0 atom stereocenters. The summed E-state index contributed by atoms with van der Waals surface area (Å²) in [6.07, 6.45) is 0. The second-order valence-corrected chi connectivity index (χ2v) is 5.32. The van der Waals surface area contributed by atoms with Crippen molar-refractivity contribution in [2.75, 3.05) is 25.6 Å². The van der Waals surface area contributed by atoms with Gasteiger partial charge in [-0.25, -0.2) is 0 Å². The van der Waals surface area contributed by atoms with Crippen molar-refractivity contribution in [2.24, 2.45) is 5.73 Å². The van der Waals surface area contributed by atoms with E-state index in [-0.39, 0.29) is 0 Å². The number of ether oxygens (including phenoxy) is 1. The normalized spacial score (nSPS) is 9.75. The van der Waals surface area contributed by atoms with E-state index in [2.05, 4.69) is 41.3 Å². The van der Waals surface area contributed by atoms with Gasteiger partial charge >= 0.3 is 0 Å². The summed E-state index contributed by atoms with van der Waals surface area (Å²) in [5.74, 6) is 6.89. The van der Waals surface area contributed by atoms with Gasteiger partial charge in [0.15, 0.2) is 0 Å². The Morgan fingerprint density at radius 1 is 1.25 bits per heavy atom. The molecule has 2 rings (SSSR count). The average Bonchev–Trinajstić information content (AvgIpc) is 2.92. The second-order valence-electron chi connectivity index (χ2n) is 4.32. The number of rotatable bonds is 4. The van der Waals surface area contributed by atoms with Crippen LogP contribution in [0.4, 0.5) is 5.69 Å². The molecule has 1 aromatic carbocycles. The Bertz CT molecular complexity index is 607. The number of hydrogen-bond acceptors (Lipinski definition) is 4. The largest absolute Gasteiger partial charge is 0.497 e. The van der Waals surface area contributed by atoms with E-state index < -0.39 is 0 Å². The van der Waals surface area contributed by atoms with E-state index in [1.54, 1.807) is 18.4 Å². The van der Waals surface area contributed by atoms with Crippen molar-refractivity contribution in [3.63, 3.8) is 0 Å². The van der Waals surface area contributed by atoms with Gasteiger partial charge in [-0.1, -0.05) is 11.8 Å². The molecule has 0 saturated carbocycles. The van der Waals surface area contributed by atoms with Crippen LogP contribution in [0.15, 0.2) is 35.7 Å². The third-order valence-electron chi connectivity index (χ3n) is 2.96. The van der Waals surface area contributed by atoms with Gasteiger partial charge < -0.3 is 15.4 Å². The molecule has 0 radical (unpaired) electrons. The Kier molecular flexibility index (Phi) is 5.05. The molecule has 0 saturated heterocycles. The van der Waals surface area contributed by atoms with Gasteiger partial charge in [0.2, 0.25) is 0 Å². The molecule has 4 heteroatoms. The summed E-state index contributed by atoms with van der Waals surface area (Å²) >= 11 is 1.72. The standard InChI is InChI=1S/C16H18N2OS/c1-18(14-5-7-15(19-2)8-6-14)12-16-13(4-3-10-17)9-11-20-16/h5-9,11H,10,12,17H2,1-2H3. The minimum atomic E-state index is 0.392. The highest BCUT2D eigenvalue weighted by Crippen LogP contribution is 2.23. The monoisotopic (exact) mass is 286 g/mol. The maximum Gasteiger partial charge on any atom is 0.119 e. The molecule has 104 valence electrons. The number of benzene rings is 1. The van der Waals surface area contributed by atoms with Crippen LogP contribution in [0.25, 0.3) is 0 Å². The van der Waals surface area contributed by atoms with Gasteiger partial charge in [0, 0.05) is 23.2 Å². The fourth-order valence-electron chi connectivity index (χ4n) is 1.86. The van der Waals surface area contributed by atoms with Gasteiger partial charge in [-0.2, -0.15) is 0 Å². The van der Waals surface area contributed by atoms with E-state index in [9.17, 15) is 0 Å². The molecular formula is C16H18N2OS. The van der Waals surface area contributed by atoms with Crippen LogP contribution in [0.2, 0.25) is 0 Å². The molecule has 0 aliphatic rings. The second kappa shape index (κ2) is 6.99. The summed E-state index contributed by atoms with van der Waals surface area (Å²) in [5, 5.41) is 2.07. The highest BCUT2D eigenvalue weighted by molar-refractivity contribution is 7.10. The van der Waals surface area contributed by atoms with Crippen LogP contribution in [-0.4, -0.2) is 20.7 Å².